The standard InChI is InChI=1S/C17H11F2N2.C11H8N.Ir/c1-11-8-17(13-2-3-15(18)16(19)9-13)21-10-14(11)12-4-6-20-7-5-12;1-2-6-10(7-3-1)11-8-4-5-9-12-11;/h2-8,10H,1H3;1-6,8-9H;/q2*-1;. The zero-order valence-electron chi connectivity index (χ0n) is 18.2. The van der Waals surface area contributed by atoms with Crippen molar-refractivity contribution in [3.05, 3.63) is 127 Å². The second kappa shape index (κ2) is 12.0. The van der Waals surface area contributed by atoms with Gasteiger partial charge in [-0.05, 0) is 47.6 Å². The molecule has 3 aromatic heterocycles. The van der Waals surface area contributed by atoms with Gasteiger partial charge in [0.05, 0.1) is 11.6 Å². The van der Waals surface area contributed by atoms with Gasteiger partial charge in [-0.2, -0.15) is 0 Å². The Balaban J connectivity index is 0.000000212. The van der Waals surface area contributed by atoms with E-state index >= 15 is 0 Å². The van der Waals surface area contributed by atoms with Gasteiger partial charge < -0.3 is 9.97 Å². The van der Waals surface area contributed by atoms with Crippen molar-refractivity contribution < 1.29 is 28.9 Å². The fourth-order valence-electron chi connectivity index (χ4n) is 3.21. The molecule has 2 aromatic carbocycles. The third kappa shape index (κ3) is 6.25. The van der Waals surface area contributed by atoms with Crippen LogP contribution < -0.4 is 0 Å². The first-order chi connectivity index (χ1) is 16.1. The van der Waals surface area contributed by atoms with Gasteiger partial charge in [0.1, 0.15) is 0 Å². The molecule has 0 aliphatic carbocycles. The summed E-state index contributed by atoms with van der Waals surface area (Å²) in [5, 5.41) is 0. The average Bonchev–Trinajstić information content (AvgIpc) is 2.88. The summed E-state index contributed by atoms with van der Waals surface area (Å²) < 4.78 is 26.2. The summed E-state index contributed by atoms with van der Waals surface area (Å²) >= 11 is 0. The summed E-state index contributed by atoms with van der Waals surface area (Å²) in [4.78, 5) is 12.5. The molecule has 34 heavy (non-hydrogen) atoms. The second-order valence-electron chi connectivity index (χ2n) is 7.15. The van der Waals surface area contributed by atoms with Crippen LogP contribution in [0.3, 0.4) is 0 Å². The van der Waals surface area contributed by atoms with Crippen LogP contribution in [-0.4, -0.2) is 15.0 Å². The summed E-state index contributed by atoms with van der Waals surface area (Å²) in [6.07, 6.45) is 6.93. The van der Waals surface area contributed by atoms with E-state index in [1.54, 1.807) is 24.8 Å². The first kappa shape index (κ1) is 25.0. The van der Waals surface area contributed by atoms with E-state index in [9.17, 15) is 8.78 Å². The number of aromatic nitrogens is 3. The molecule has 0 amide bonds. The van der Waals surface area contributed by atoms with E-state index in [0.717, 1.165) is 34.0 Å². The molecule has 0 bridgehead atoms. The molecule has 0 saturated carbocycles. The molecule has 3 nitrogen and oxygen atoms in total. The first-order valence-electron chi connectivity index (χ1n) is 10.2. The maximum absolute atomic E-state index is 13.2. The van der Waals surface area contributed by atoms with Crippen LogP contribution >= 0.6 is 0 Å². The topological polar surface area (TPSA) is 38.7 Å². The summed E-state index contributed by atoms with van der Waals surface area (Å²) in [5.41, 5.74) is 5.97. The van der Waals surface area contributed by atoms with Crippen molar-refractivity contribution >= 4 is 0 Å². The largest absolute Gasteiger partial charge is 0.305 e. The molecular weight excluding hydrogens is 609 g/mol. The van der Waals surface area contributed by atoms with Gasteiger partial charge in [-0.25, -0.2) is 4.39 Å². The fourth-order valence-corrected chi connectivity index (χ4v) is 3.21. The molecule has 0 aliphatic rings. The van der Waals surface area contributed by atoms with Gasteiger partial charge in [-0.1, -0.05) is 18.2 Å². The van der Waals surface area contributed by atoms with E-state index in [-0.39, 0.29) is 20.1 Å². The normalized spacial score (nSPS) is 9.97. The molecule has 3 heterocycles. The second-order valence-corrected chi connectivity index (χ2v) is 7.15. The Labute approximate surface area is 210 Å². The molecule has 5 aromatic rings. The van der Waals surface area contributed by atoms with Gasteiger partial charge in [0.25, 0.3) is 0 Å². The van der Waals surface area contributed by atoms with Gasteiger partial charge in [-0.15, -0.1) is 59.7 Å². The molecule has 0 unspecified atom stereocenters. The van der Waals surface area contributed by atoms with Crippen molar-refractivity contribution in [1.82, 2.24) is 15.0 Å². The minimum Gasteiger partial charge on any atom is -0.305 e. The van der Waals surface area contributed by atoms with Crippen LogP contribution in [0.25, 0.3) is 33.6 Å². The molecular formula is C28H19F2IrN3-2. The Hall–Kier alpha value is -3.60. The molecule has 0 aliphatic heterocycles. The maximum Gasteiger partial charge on any atom is 0.0751 e. The number of rotatable bonds is 3. The molecule has 0 N–H and O–H groups in total. The van der Waals surface area contributed by atoms with Crippen molar-refractivity contribution in [1.29, 1.82) is 0 Å². The average molecular weight is 628 g/mol. The number of hydrogen-bond acceptors (Lipinski definition) is 3. The van der Waals surface area contributed by atoms with Crippen LogP contribution in [0.15, 0.2) is 97.6 Å². The van der Waals surface area contributed by atoms with Crippen LogP contribution in [0.5, 0.6) is 0 Å². The molecule has 0 fully saturated rings. The van der Waals surface area contributed by atoms with E-state index in [4.69, 9.17) is 0 Å². The van der Waals surface area contributed by atoms with Gasteiger partial charge >= 0.3 is 0 Å². The Bertz CT molecular complexity index is 1290. The van der Waals surface area contributed by atoms with E-state index < -0.39 is 11.6 Å². The SMILES string of the molecule is Cc1cc(-c2[c-]c(F)c(F)cc2)ncc1-c1ccncc1.[Ir].[c-]1ccccc1-c1ccccn1. The van der Waals surface area contributed by atoms with E-state index in [1.165, 1.54) is 6.07 Å². The van der Waals surface area contributed by atoms with Crippen molar-refractivity contribution in [2.24, 2.45) is 0 Å². The van der Waals surface area contributed by atoms with E-state index in [1.807, 2.05) is 67.6 Å². The van der Waals surface area contributed by atoms with Crippen molar-refractivity contribution in [3.8, 4) is 33.6 Å². The smallest absolute Gasteiger partial charge is 0.0751 e. The van der Waals surface area contributed by atoms with E-state index in [2.05, 4.69) is 27.1 Å². The molecule has 0 spiro atoms. The first-order valence-corrected chi connectivity index (χ1v) is 10.2. The number of pyridine rings is 3. The number of hydrogen-bond donors (Lipinski definition) is 0. The van der Waals surface area contributed by atoms with Crippen LogP contribution in [0.2, 0.25) is 0 Å². The molecule has 1 radical (unpaired) electrons. The van der Waals surface area contributed by atoms with Gasteiger partial charge in [0, 0.05) is 50.5 Å². The summed E-state index contributed by atoms with van der Waals surface area (Å²) in [6.45, 7) is 1.95. The van der Waals surface area contributed by atoms with Crippen molar-refractivity contribution in [3.63, 3.8) is 0 Å². The van der Waals surface area contributed by atoms with Crippen LogP contribution in [0.4, 0.5) is 8.78 Å². The summed E-state index contributed by atoms with van der Waals surface area (Å²) in [7, 11) is 0. The molecule has 5 rings (SSSR count). The zero-order valence-corrected chi connectivity index (χ0v) is 20.6. The summed E-state index contributed by atoms with van der Waals surface area (Å²) in [5.74, 6) is -1.91. The molecule has 6 heteroatoms. The van der Waals surface area contributed by atoms with Crippen molar-refractivity contribution in [2.45, 2.75) is 6.92 Å². The quantitative estimate of drug-likeness (QED) is 0.208. The van der Waals surface area contributed by atoms with Crippen LogP contribution in [0.1, 0.15) is 5.56 Å². The fraction of sp³-hybridized carbons (Fsp3) is 0.0357. The predicted molar refractivity (Wildman–Crippen MR) is 125 cm³/mol. The molecule has 0 saturated heterocycles. The van der Waals surface area contributed by atoms with Crippen LogP contribution in [0, 0.1) is 30.7 Å². The molecule has 171 valence electrons. The van der Waals surface area contributed by atoms with Crippen LogP contribution in [-0.2, 0) is 20.1 Å². The third-order valence-electron chi connectivity index (χ3n) is 4.88. The third-order valence-corrected chi connectivity index (χ3v) is 4.88. The summed E-state index contributed by atoms with van der Waals surface area (Å²) in [6, 6.07) is 27.3. The predicted octanol–water partition coefficient (Wildman–Crippen LogP) is 6.74. The Kier molecular flexibility index (Phi) is 8.86. The zero-order chi connectivity index (χ0) is 23.0. The molecule has 0 atom stereocenters. The van der Waals surface area contributed by atoms with Gasteiger partial charge in [0.15, 0.2) is 0 Å². The number of nitrogens with zero attached hydrogens (tertiary/aromatic N) is 3. The Morgan fingerprint density at radius 1 is 0.765 bits per heavy atom. The van der Waals surface area contributed by atoms with Gasteiger partial charge in [0.2, 0.25) is 0 Å². The van der Waals surface area contributed by atoms with E-state index in [0.29, 0.717) is 11.3 Å². The maximum atomic E-state index is 13.2. The number of benzene rings is 2. The number of aryl methyl sites for hydroxylation is 1. The monoisotopic (exact) mass is 628 g/mol. The minimum atomic E-state index is -0.995. The Morgan fingerprint density at radius 3 is 2.21 bits per heavy atom. The minimum absolute atomic E-state index is 0. The Morgan fingerprint density at radius 2 is 1.56 bits per heavy atom. The van der Waals surface area contributed by atoms with Crippen molar-refractivity contribution in [2.75, 3.05) is 0 Å². The van der Waals surface area contributed by atoms with Gasteiger partial charge in [-0.3, -0.25) is 9.37 Å². The number of halogens is 2.